The minimum absolute atomic E-state index is 0.0575. The van der Waals surface area contributed by atoms with Crippen molar-refractivity contribution in [2.45, 2.75) is 68.4 Å². The maximum Gasteiger partial charge on any atom is 0.474 e. The molecule has 1 amide bonds. The van der Waals surface area contributed by atoms with Crippen molar-refractivity contribution in [3.63, 3.8) is 0 Å². The maximum atomic E-state index is 12.6. The van der Waals surface area contributed by atoms with Crippen LogP contribution in [-0.2, 0) is 34.0 Å². The quantitative estimate of drug-likeness (QED) is 0.122. The molecule has 0 saturated heterocycles. The van der Waals surface area contributed by atoms with Crippen LogP contribution >= 0.6 is 31.2 Å². The molecule has 13 heteroatoms. The van der Waals surface area contributed by atoms with E-state index in [9.17, 15) is 14.2 Å². The van der Waals surface area contributed by atoms with Gasteiger partial charge < -0.3 is 19.5 Å². The van der Waals surface area contributed by atoms with Gasteiger partial charge in [0.2, 0.25) is 0 Å². The van der Waals surface area contributed by atoms with E-state index >= 15 is 0 Å². The number of aryl methyl sites for hydroxylation is 1. The summed E-state index contributed by atoms with van der Waals surface area (Å²) in [7, 11) is 0.169. The van der Waals surface area contributed by atoms with E-state index in [2.05, 4.69) is 5.32 Å². The summed E-state index contributed by atoms with van der Waals surface area (Å²) < 4.78 is 43.8. The summed E-state index contributed by atoms with van der Waals surface area (Å²) in [6.45, 7) is 8.41. The number of benzene rings is 2. The Bertz CT molecular complexity index is 1250. The molecule has 0 radical (unpaired) electrons. The molecule has 0 aliphatic carbocycles. The van der Waals surface area contributed by atoms with Gasteiger partial charge >= 0.3 is 13.9 Å². The molecule has 2 aromatic rings. The average Bonchev–Trinajstić information content (AvgIpc) is 2.89. The standard InChI is InChI=1S/C28H39ClNO9PS/c1-19(31)21-10-12-24(37-18-34-6)25(15-21)41-22-11-9-20(23(29)16-22)13-14-28(5,17-38-40(33,35-7)36-8)30-26(32)39-27(2,3)4/h9-12,15-16H,13-14,17-18H2,1-8H3,(H,30,32)/t28-/m0/s1. The molecule has 2 aromatic carbocycles. The van der Waals surface area contributed by atoms with Crippen molar-refractivity contribution < 1.29 is 41.9 Å². The zero-order valence-electron chi connectivity index (χ0n) is 24.7. The van der Waals surface area contributed by atoms with Crippen LogP contribution < -0.4 is 10.1 Å². The normalized spacial score (nSPS) is 13.4. The van der Waals surface area contributed by atoms with E-state index in [0.29, 0.717) is 29.2 Å². The number of alkyl carbamates (subject to hydrolysis) is 1. The number of ether oxygens (including phenoxy) is 3. The monoisotopic (exact) mass is 631 g/mol. The number of hydrogen-bond acceptors (Lipinski definition) is 10. The number of Topliss-reactive ketones (excluding diaryl/α,β-unsaturated/α-hetero) is 1. The van der Waals surface area contributed by atoms with Crippen LogP contribution in [0.4, 0.5) is 4.79 Å². The molecule has 1 atom stereocenters. The van der Waals surface area contributed by atoms with Crippen molar-refractivity contribution in [2.75, 3.05) is 34.7 Å². The van der Waals surface area contributed by atoms with Gasteiger partial charge in [-0.3, -0.25) is 18.4 Å². The summed E-state index contributed by atoms with van der Waals surface area (Å²) in [5.74, 6) is 0.522. The van der Waals surface area contributed by atoms with Gasteiger partial charge in [0.05, 0.1) is 17.0 Å². The van der Waals surface area contributed by atoms with E-state index in [0.717, 1.165) is 15.4 Å². The molecule has 0 fully saturated rings. The van der Waals surface area contributed by atoms with E-state index in [1.165, 1.54) is 40.0 Å². The van der Waals surface area contributed by atoms with Gasteiger partial charge in [0, 0.05) is 36.8 Å². The van der Waals surface area contributed by atoms with Gasteiger partial charge in [0.1, 0.15) is 11.4 Å². The Balaban J connectivity index is 2.24. The number of nitrogens with one attached hydrogen (secondary N) is 1. The minimum Gasteiger partial charge on any atom is -0.466 e. The third-order valence-electron chi connectivity index (χ3n) is 5.67. The first-order chi connectivity index (χ1) is 19.1. The van der Waals surface area contributed by atoms with E-state index in [4.69, 9.17) is 39.4 Å². The maximum absolute atomic E-state index is 12.6. The Morgan fingerprint density at radius 1 is 1.02 bits per heavy atom. The van der Waals surface area contributed by atoms with Gasteiger partial charge in [-0.25, -0.2) is 9.36 Å². The highest BCUT2D eigenvalue weighted by Crippen LogP contribution is 2.48. The van der Waals surface area contributed by atoms with Crippen LogP contribution in [0.25, 0.3) is 0 Å². The molecule has 10 nitrogen and oxygen atoms in total. The summed E-state index contributed by atoms with van der Waals surface area (Å²) >= 11 is 8.07. The van der Waals surface area contributed by atoms with Crippen LogP contribution in [0.15, 0.2) is 46.2 Å². The lowest BCUT2D eigenvalue weighted by atomic mass is 9.94. The fraction of sp³-hybridized carbons (Fsp3) is 0.500. The van der Waals surface area contributed by atoms with Crippen LogP contribution in [0.1, 0.15) is 57.0 Å². The number of phosphoric ester groups is 1. The van der Waals surface area contributed by atoms with Crippen LogP contribution in [-0.4, -0.2) is 57.7 Å². The fourth-order valence-corrected chi connectivity index (χ4v) is 5.63. The Morgan fingerprint density at radius 2 is 1.71 bits per heavy atom. The number of ketones is 1. The highest BCUT2D eigenvalue weighted by molar-refractivity contribution is 7.99. The number of carbonyl (C=O) groups excluding carboxylic acids is 2. The highest BCUT2D eigenvalue weighted by atomic mass is 35.5. The Morgan fingerprint density at radius 3 is 2.27 bits per heavy atom. The molecule has 0 saturated carbocycles. The molecule has 0 aromatic heterocycles. The van der Waals surface area contributed by atoms with Crippen molar-refractivity contribution in [3.8, 4) is 5.75 Å². The third-order valence-corrected chi connectivity index (χ3v) is 8.39. The number of halogens is 1. The topological polar surface area (TPSA) is 119 Å². The second kappa shape index (κ2) is 15.4. The molecule has 1 N–H and O–H groups in total. The van der Waals surface area contributed by atoms with Crippen molar-refractivity contribution >= 4 is 43.1 Å². The lowest BCUT2D eigenvalue weighted by molar-refractivity contribution is 0.0389. The van der Waals surface area contributed by atoms with E-state index in [1.807, 2.05) is 18.2 Å². The Hall–Kier alpha value is -2.11. The van der Waals surface area contributed by atoms with E-state index in [1.54, 1.807) is 45.9 Å². The molecule has 0 unspecified atom stereocenters. The number of carbonyl (C=O) groups is 2. The molecule has 0 bridgehead atoms. The number of amides is 1. The average molecular weight is 632 g/mol. The van der Waals surface area contributed by atoms with Crippen LogP contribution in [0, 0.1) is 0 Å². The number of hydrogen-bond donors (Lipinski definition) is 1. The Labute approximate surface area is 251 Å². The zero-order chi connectivity index (χ0) is 30.8. The van der Waals surface area contributed by atoms with Gasteiger partial charge in [-0.15, -0.1) is 0 Å². The molecule has 0 heterocycles. The van der Waals surface area contributed by atoms with Gasteiger partial charge in [0.25, 0.3) is 0 Å². The summed E-state index contributed by atoms with van der Waals surface area (Å²) in [5, 5.41) is 3.34. The number of phosphoric acid groups is 1. The summed E-state index contributed by atoms with van der Waals surface area (Å²) in [5.41, 5.74) is -0.337. The summed E-state index contributed by atoms with van der Waals surface area (Å²) in [6, 6.07) is 10.8. The first-order valence-corrected chi connectivity index (χ1v) is 15.4. The first kappa shape index (κ1) is 35.1. The fourth-order valence-electron chi connectivity index (χ4n) is 3.50. The van der Waals surface area contributed by atoms with Gasteiger partial charge in [0.15, 0.2) is 12.6 Å². The van der Waals surface area contributed by atoms with Crippen LogP contribution in [0.5, 0.6) is 5.75 Å². The lowest BCUT2D eigenvalue weighted by Crippen LogP contribution is -2.51. The molecular weight excluding hydrogens is 593 g/mol. The largest absolute Gasteiger partial charge is 0.474 e. The first-order valence-electron chi connectivity index (χ1n) is 12.7. The minimum atomic E-state index is -3.79. The van der Waals surface area contributed by atoms with Crippen molar-refractivity contribution in [1.82, 2.24) is 5.32 Å². The zero-order valence-corrected chi connectivity index (χ0v) is 27.2. The molecule has 228 valence electrons. The molecular formula is C28H39ClNO9PS. The SMILES string of the molecule is COCOc1ccc(C(C)=O)cc1Sc1ccc(CC[C@@](C)(COP(=O)(OC)OC)NC(=O)OC(C)(C)C)c(Cl)c1. The van der Waals surface area contributed by atoms with Crippen molar-refractivity contribution in [3.05, 3.63) is 52.5 Å². The summed E-state index contributed by atoms with van der Waals surface area (Å²) in [4.78, 5) is 26.1. The third kappa shape index (κ3) is 11.6. The van der Waals surface area contributed by atoms with Crippen molar-refractivity contribution in [1.29, 1.82) is 0 Å². The number of methoxy groups -OCH3 is 1. The molecule has 2 rings (SSSR count). The molecule has 0 aliphatic rings. The second-order valence-electron chi connectivity index (χ2n) is 10.4. The van der Waals surface area contributed by atoms with Gasteiger partial charge in [-0.2, -0.15) is 0 Å². The summed E-state index contributed by atoms with van der Waals surface area (Å²) in [6.07, 6.45) is 0.165. The highest BCUT2D eigenvalue weighted by Gasteiger charge is 2.34. The van der Waals surface area contributed by atoms with Crippen LogP contribution in [0.2, 0.25) is 5.02 Å². The second-order valence-corrected chi connectivity index (χ2v) is 13.8. The van der Waals surface area contributed by atoms with Gasteiger partial charge in [-0.05, 0) is 83.4 Å². The number of rotatable bonds is 15. The molecule has 41 heavy (non-hydrogen) atoms. The van der Waals surface area contributed by atoms with Gasteiger partial charge in [-0.1, -0.05) is 29.4 Å². The Kier molecular flexibility index (Phi) is 13.2. The van der Waals surface area contributed by atoms with Crippen LogP contribution in [0.3, 0.4) is 0 Å². The van der Waals surface area contributed by atoms with E-state index in [-0.39, 0.29) is 19.2 Å². The van der Waals surface area contributed by atoms with E-state index < -0.39 is 25.1 Å². The van der Waals surface area contributed by atoms with Crippen molar-refractivity contribution in [2.24, 2.45) is 0 Å². The predicted molar refractivity (Wildman–Crippen MR) is 158 cm³/mol. The smallest absolute Gasteiger partial charge is 0.466 e. The predicted octanol–water partition coefficient (Wildman–Crippen LogP) is 7.31. The molecule has 0 aliphatic heterocycles. The molecule has 0 spiro atoms. The lowest BCUT2D eigenvalue weighted by Gasteiger charge is -2.32.